The Morgan fingerprint density at radius 2 is 2.05 bits per heavy atom. The molecular formula is C16H25NO3S. The van der Waals surface area contributed by atoms with Crippen LogP contribution in [0.5, 0.6) is 0 Å². The van der Waals surface area contributed by atoms with Gasteiger partial charge in [-0.05, 0) is 51.7 Å². The third-order valence-electron chi connectivity index (χ3n) is 3.63. The molecule has 0 aromatic carbocycles. The van der Waals surface area contributed by atoms with E-state index < -0.39 is 11.5 Å². The van der Waals surface area contributed by atoms with E-state index in [9.17, 15) is 14.7 Å². The summed E-state index contributed by atoms with van der Waals surface area (Å²) in [5.74, 6) is -1.15. The smallest absolute Gasteiger partial charge is 0.329 e. The minimum Gasteiger partial charge on any atom is -0.480 e. The first kappa shape index (κ1) is 17.7. The maximum atomic E-state index is 11.9. The van der Waals surface area contributed by atoms with Crippen molar-refractivity contribution in [3.05, 3.63) is 21.4 Å². The van der Waals surface area contributed by atoms with Gasteiger partial charge in [0.05, 0.1) is 0 Å². The number of nitrogens with one attached hydrogen (secondary N) is 1. The van der Waals surface area contributed by atoms with E-state index in [1.165, 1.54) is 15.3 Å². The van der Waals surface area contributed by atoms with Crippen LogP contribution in [-0.2, 0) is 16.0 Å². The largest absolute Gasteiger partial charge is 0.480 e. The van der Waals surface area contributed by atoms with Gasteiger partial charge in [0.25, 0.3) is 0 Å². The van der Waals surface area contributed by atoms with Gasteiger partial charge < -0.3 is 10.4 Å². The first-order chi connectivity index (χ1) is 9.78. The Labute approximate surface area is 130 Å². The normalized spacial score (nSPS) is 13.7. The van der Waals surface area contributed by atoms with E-state index in [0.717, 1.165) is 19.3 Å². The SMILES string of the molecule is CCCC(C)(NC(=O)CCCc1cc(C)sc1C)C(=O)O. The van der Waals surface area contributed by atoms with Gasteiger partial charge >= 0.3 is 5.97 Å². The predicted octanol–water partition coefficient (Wildman–Crippen LogP) is 3.45. The molecule has 5 heteroatoms. The Balaban J connectivity index is 2.47. The molecule has 1 amide bonds. The molecule has 1 heterocycles. The van der Waals surface area contributed by atoms with Crippen molar-refractivity contribution >= 4 is 23.2 Å². The summed E-state index contributed by atoms with van der Waals surface area (Å²) in [5, 5.41) is 11.9. The Morgan fingerprint density at radius 3 is 2.52 bits per heavy atom. The maximum absolute atomic E-state index is 11.9. The van der Waals surface area contributed by atoms with Crippen molar-refractivity contribution in [2.24, 2.45) is 0 Å². The summed E-state index contributed by atoms with van der Waals surface area (Å²) >= 11 is 1.77. The Morgan fingerprint density at radius 1 is 1.38 bits per heavy atom. The van der Waals surface area contributed by atoms with Crippen molar-refractivity contribution in [1.29, 1.82) is 0 Å². The molecule has 21 heavy (non-hydrogen) atoms. The van der Waals surface area contributed by atoms with Crippen LogP contribution in [0.2, 0.25) is 0 Å². The summed E-state index contributed by atoms with van der Waals surface area (Å²) in [7, 11) is 0. The molecule has 0 aliphatic heterocycles. The molecule has 1 aromatic heterocycles. The van der Waals surface area contributed by atoms with Crippen LogP contribution in [0, 0.1) is 13.8 Å². The van der Waals surface area contributed by atoms with Crippen molar-refractivity contribution in [1.82, 2.24) is 5.32 Å². The van der Waals surface area contributed by atoms with E-state index in [1.54, 1.807) is 18.3 Å². The topological polar surface area (TPSA) is 66.4 Å². The lowest BCUT2D eigenvalue weighted by molar-refractivity contribution is -0.147. The van der Waals surface area contributed by atoms with E-state index >= 15 is 0 Å². The van der Waals surface area contributed by atoms with Crippen molar-refractivity contribution < 1.29 is 14.7 Å². The molecular weight excluding hydrogens is 286 g/mol. The molecule has 118 valence electrons. The molecule has 1 unspecified atom stereocenters. The van der Waals surface area contributed by atoms with E-state index in [4.69, 9.17) is 0 Å². The van der Waals surface area contributed by atoms with Gasteiger partial charge in [0.2, 0.25) is 5.91 Å². The van der Waals surface area contributed by atoms with Gasteiger partial charge in [-0.2, -0.15) is 0 Å². The van der Waals surface area contributed by atoms with Crippen LogP contribution in [0.3, 0.4) is 0 Å². The van der Waals surface area contributed by atoms with Gasteiger partial charge in [0.15, 0.2) is 0 Å². The van der Waals surface area contributed by atoms with Gasteiger partial charge in [0, 0.05) is 16.2 Å². The average molecular weight is 311 g/mol. The highest BCUT2D eigenvalue weighted by atomic mass is 32.1. The first-order valence-electron chi connectivity index (χ1n) is 7.39. The van der Waals surface area contributed by atoms with Crippen molar-refractivity contribution in [3.63, 3.8) is 0 Å². The van der Waals surface area contributed by atoms with Crippen LogP contribution in [0.1, 0.15) is 54.8 Å². The van der Waals surface area contributed by atoms with Gasteiger partial charge in [-0.3, -0.25) is 4.79 Å². The van der Waals surface area contributed by atoms with Crippen molar-refractivity contribution in [3.8, 4) is 0 Å². The monoisotopic (exact) mass is 311 g/mol. The van der Waals surface area contributed by atoms with Gasteiger partial charge in [0.1, 0.15) is 5.54 Å². The molecule has 2 N–H and O–H groups in total. The average Bonchev–Trinajstić information content (AvgIpc) is 2.68. The quantitative estimate of drug-likeness (QED) is 0.773. The number of rotatable bonds is 8. The van der Waals surface area contributed by atoms with Gasteiger partial charge in [-0.1, -0.05) is 13.3 Å². The molecule has 0 radical (unpaired) electrons. The minimum atomic E-state index is -1.15. The second-order valence-electron chi connectivity index (χ2n) is 5.73. The van der Waals surface area contributed by atoms with Gasteiger partial charge in [-0.15, -0.1) is 11.3 Å². The lowest BCUT2D eigenvalue weighted by Crippen LogP contribution is -2.52. The summed E-state index contributed by atoms with van der Waals surface area (Å²) in [6.07, 6.45) is 3.13. The van der Waals surface area contributed by atoms with Crippen molar-refractivity contribution in [2.45, 2.75) is 65.3 Å². The third-order valence-corrected chi connectivity index (χ3v) is 4.64. The Hall–Kier alpha value is -1.36. The number of carbonyl (C=O) groups excluding carboxylic acids is 1. The number of carboxylic acids is 1. The summed E-state index contributed by atoms with van der Waals surface area (Å²) in [6.45, 7) is 7.66. The van der Waals surface area contributed by atoms with E-state index in [1.807, 2.05) is 6.92 Å². The summed E-state index contributed by atoms with van der Waals surface area (Å²) < 4.78 is 0. The highest BCUT2D eigenvalue weighted by molar-refractivity contribution is 7.12. The number of amides is 1. The molecule has 0 aliphatic rings. The molecule has 1 atom stereocenters. The zero-order chi connectivity index (χ0) is 16.0. The van der Waals surface area contributed by atoms with Crippen LogP contribution < -0.4 is 5.32 Å². The molecule has 0 fully saturated rings. The zero-order valence-electron chi connectivity index (χ0n) is 13.3. The molecule has 0 saturated heterocycles. The lowest BCUT2D eigenvalue weighted by atomic mass is 9.96. The van der Waals surface area contributed by atoms with Crippen LogP contribution in [0.15, 0.2) is 6.07 Å². The van der Waals surface area contributed by atoms with E-state index in [-0.39, 0.29) is 5.91 Å². The molecule has 4 nitrogen and oxygen atoms in total. The second kappa shape index (κ2) is 7.59. The van der Waals surface area contributed by atoms with E-state index in [2.05, 4.69) is 25.2 Å². The fourth-order valence-corrected chi connectivity index (χ4v) is 3.44. The van der Waals surface area contributed by atoms with Gasteiger partial charge in [-0.25, -0.2) is 4.79 Å². The highest BCUT2D eigenvalue weighted by Crippen LogP contribution is 2.22. The van der Waals surface area contributed by atoms with Crippen molar-refractivity contribution in [2.75, 3.05) is 0 Å². The fraction of sp³-hybridized carbons (Fsp3) is 0.625. The number of aliphatic carboxylic acids is 1. The summed E-state index contributed by atoms with van der Waals surface area (Å²) in [4.78, 5) is 25.8. The minimum absolute atomic E-state index is 0.182. The Kier molecular flexibility index (Phi) is 6.40. The molecule has 0 spiro atoms. The lowest BCUT2D eigenvalue weighted by Gasteiger charge is -2.25. The van der Waals surface area contributed by atoms with Crippen LogP contribution >= 0.6 is 11.3 Å². The standard InChI is InChI=1S/C16H25NO3S/c1-5-9-16(4,15(19)20)17-14(18)8-6-7-13-10-11(2)21-12(13)3/h10H,5-9H2,1-4H3,(H,17,18)(H,19,20). The first-order valence-corrected chi connectivity index (χ1v) is 8.20. The number of hydrogen-bond acceptors (Lipinski definition) is 3. The molecule has 0 saturated carbocycles. The number of thiophene rings is 1. The molecule has 0 aliphatic carbocycles. The molecule has 1 aromatic rings. The number of carbonyl (C=O) groups is 2. The van der Waals surface area contributed by atoms with Crippen LogP contribution in [-0.4, -0.2) is 22.5 Å². The number of carboxylic acid groups (broad SMARTS) is 1. The second-order valence-corrected chi connectivity index (χ2v) is 7.19. The highest BCUT2D eigenvalue weighted by Gasteiger charge is 2.33. The fourth-order valence-electron chi connectivity index (χ4n) is 2.46. The molecule has 0 bridgehead atoms. The third kappa shape index (κ3) is 5.16. The predicted molar refractivity (Wildman–Crippen MR) is 85.8 cm³/mol. The summed E-state index contributed by atoms with van der Waals surface area (Å²) in [5.41, 5.74) is 0.139. The Bertz CT molecular complexity index is 510. The zero-order valence-corrected chi connectivity index (χ0v) is 14.1. The molecule has 1 rings (SSSR count). The van der Waals surface area contributed by atoms with Crippen LogP contribution in [0.25, 0.3) is 0 Å². The number of aryl methyl sites for hydroxylation is 3. The van der Waals surface area contributed by atoms with E-state index in [0.29, 0.717) is 12.8 Å². The number of hydrogen-bond donors (Lipinski definition) is 2. The summed E-state index contributed by atoms with van der Waals surface area (Å²) in [6, 6.07) is 2.16. The van der Waals surface area contributed by atoms with Crippen LogP contribution in [0.4, 0.5) is 0 Å². The maximum Gasteiger partial charge on any atom is 0.329 e.